The van der Waals surface area contributed by atoms with Crippen LogP contribution in [-0.4, -0.2) is 16.5 Å². The van der Waals surface area contributed by atoms with Crippen molar-refractivity contribution in [1.82, 2.24) is 0 Å². The molecule has 1 atom stereocenters. The third-order valence-corrected chi connectivity index (χ3v) is 3.53. The van der Waals surface area contributed by atoms with Gasteiger partial charge in [0.2, 0.25) is 0 Å². The molecule has 1 unspecified atom stereocenters. The molecule has 0 fully saturated rings. The Morgan fingerprint density at radius 1 is 1.43 bits per heavy atom. The zero-order valence-corrected chi connectivity index (χ0v) is 9.66. The molecule has 0 saturated heterocycles. The standard InChI is InChI=1S/C10H14Cl2O2/c1-2-3-4-5-10(14)6-7(13)8(11)9(10)12/h14H,2-6H2,1H3. The first-order chi connectivity index (χ1) is 6.51. The van der Waals surface area contributed by atoms with Crippen molar-refractivity contribution in [2.24, 2.45) is 0 Å². The summed E-state index contributed by atoms with van der Waals surface area (Å²) in [5.74, 6) is -0.254. The van der Waals surface area contributed by atoms with Gasteiger partial charge >= 0.3 is 0 Å². The normalized spacial score (nSPS) is 27.6. The molecule has 0 radical (unpaired) electrons. The van der Waals surface area contributed by atoms with Gasteiger partial charge in [0.25, 0.3) is 0 Å². The molecular weight excluding hydrogens is 223 g/mol. The fourth-order valence-electron chi connectivity index (χ4n) is 1.61. The Kier molecular flexibility index (Phi) is 3.99. The lowest BCUT2D eigenvalue weighted by Gasteiger charge is -2.21. The predicted molar refractivity (Wildman–Crippen MR) is 57.4 cm³/mol. The minimum absolute atomic E-state index is 0.00525. The molecule has 0 spiro atoms. The average molecular weight is 237 g/mol. The number of ketones is 1. The lowest BCUT2D eigenvalue weighted by atomic mass is 9.95. The maximum absolute atomic E-state index is 11.2. The minimum Gasteiger partial charge on any atom is -0.384 e. The molecule has 14 heavy (non-hydrogen) atoms. The van der Waals surface area contributed by atoms with E-state index in [9.17, 15) is 9.90 Å². The summed E-state index contributed by atoms with van der Waals surface area (Å²) in [7, 11) is 0. The summed E-state index contributed by atoms with van der Waals surface area (Å²) in [6.07, 6.45) is 3.51. The van der Waals surface area contributed by atoms with E-state index in [-0.39, 0.29) is 22.3 Å². The number of unbranched alkanes of at least 4 members (excludes halogenated alkanes) is 2. The second-order valence-electron chi connectivity index (χ2n) is 3.72. The van der Waals surface area contributed by atoms with Crippen LogP contribution in [-0.2, 0) is 4.79 Å². The number of hydrogen-bond acceptors (Lipinski definition) is 2. The van der Waals surface area contributed by atoms with Crippen molar-refractivity contribution in [1.29, 1.82) is 0 Å². The van der Waals surface area contributed by atoms with Crippen LogP contribution in [0.5, 0.6) is 0 Å². The third kappa shape index (κ3) is 2.30. The van der Waals surface area contributed by atoms with Gasteiger partial charge in [-0.3, -0.25) is 4.79 Å². The fourth-order valence-corrected chi connectivity index (χ4v) is 2.12. The Morgan fingerprint density at radius 3 is 2.50 bits per heavy atom. The number of carbonyl (C=O) groups is 1. The SMILES string of the molecule is CCCCCC1(O)CC(=O)C(Cl)=C1Cl. The Hall–Kier alpha value is -0.0500. The maximum atomic E-state index is 11.2. The molecule has 0 saturated carbocycles. The molecule has 80 valence electrons. The zero-order chi connectivity index (χ0) is 10.8. The van der Waals surface area contributed by atoms with Crippen LogP contribution in [0.3, 0.4) is 0 Å². The van der Waals surface area contributed by atoms with Gasteiger partial charge in [-0.1, -0.05) is 49.4 Å². The summed E-state index contributed by atoms with van der Waals surface area (Å²) in [6, 6.07) is 0. The van der Waals surface area contributed by atoms with Crippen molar-refractivity contribution >= 4 is 29.0 Å². The molecule has 0 amide bonds. The molecular formula is C10H14Cl2O2. The average Bonchev–Trinajstić information content (AvgIpc) is 2.32. The Labute approximate surface area is 93.9 Å². The predicted octanol–water partition coefficient (Wildman–Crippen LogP) is 2.96. The number of hydrogen-bond donors (Lipinski definition) is 1. The highest BCUT2D eigenvalue weighted by molar-refractivity contribution is 6.50. The molecule has 0 aliphatic heterocycles. The molecule has 0 heterocycles. The second-order valence-corrected chi connectivity index (χ2v) is 4.47. The number of halogens is 2. The van der Waals surface area contributed by atoms with E-state index in [1.54, 1.807) is 0 Å². The quantitative estimate of drug-likeness (QED) is 0.763. The second kappa shape index (κ2) is 4.65. The molecule has 0 aromatic carbocycles. The van der Waals surface area contributed by atoms with E-state index in [1.807, 2.05) is 0 Å². The summed E-state index contributed by atoms with van der Waals surface area (Å²) in [6.45, 7) is 2.08. The van der Waals surface area contributed by atoms with Gasteiger partial charge in [0.15, 0.2) is 5.78 Å². The van der Waals surface area contributed by atoms with Crippen LogP contribution in [0, 0.1) is 0 Å². The Morgan fingerprint density at radius 2 is 2.07 bits per heavy atom. The van der Waals surface area contributed by atoms with Crippen LogP contribution in [0.15, 0.2) is 10.1 Å². The van der Waals surface area contributed by atoms with Gasteiger partial charge in [0.1, 0.15) is 10.6 Å². The van der Waals surface area contributed by atoms with Crippen LogP contribution in [0.2, 0.25) is 0 Å². The molecule has 1 aliphatic rings. The maximum Gasteiger partial charge on any atom is 0.178 e. The van der Waals surface area contributed by atoms with Crippen molar-refractivity contribution in [3.8, 4) is 0 Å². The largest absolute Gasteiger partial charge is 0.384 e. The lowest BCUT2D eigenvalue weighted by Crippen LogP contribution is -2.27. The van der Waals surface area contributed by atoms with Gasteiger partial charge in [-0.25, -0.2) is 0 Å². The van der Waals surface area contributed by atoms with Crippen LogP contribution in [0.1, 0.15) is 39.0 Å². The van der Waals surface area contributed by atoms with E-state index < -0.39 is 5.60 Å². The van der Waals surface area contributed by atoms with Gasteiger partial charge in [-0.2, -0.15) is 0 Å². The first-order valence-corrected chi connectivity index (χ1v) is 5.58. The van der Waals surface area contributed by atoms with E-state index in [0.717, 1.165) is 19.3 Å². The monoisotopic (exact) mass is 236 g/mol. The molecule has 0 bridgehead atoms. The highest BCUT2D eigenvalue weighted by Crippen LogP contribution is 2.40. The van der Waals surface area contributed by atoms with E-state index >= 15 is 0 Å². The van der Waals surface area contributed by atoms with Crippen molar-refractivity contribution < 1.29 is 9.90 Å². The Bertz CT molecular complexity index is 273. The van der Waals surface area contributed by atoms with Gasteiger partial charge in [-0.05, 0) is 6.42 Å². The number of aliphatic hydroxyl groups is 1. The Balaban J connectivity index is 2.63. The first kappa shape index (κ1) is 12.0. The zero-order valence-electron chi connectivity index (χ0n) is 8.15. The molecule has 1 rings (SSSR count). The highest BCUT2D eigenvalue weighted by Gasteiger charge is 2.42. The van der Waals surface area contributed by atoms with Crippen molar-refractivity contribution in [3.63, 3.8) is 0 Å². The van der Waals surface area contributed by atoms with Gasteiger partial charge in [0.05, 0.1) is 5.03 Å². The summed E-state index contributed by atoms with van der Waals surface area (Å²) >= 11 is 11.5. The van der Waals surface area contributed by atoms with Gasteiger partial charge in [-0.15, -0.1) is 0 Å². The van der Waals surface area contributed by atoms with Crippen LogP contribution < -0.4 is 0 Å². The first-order valence-electron chi connectivity index (χ1n) is 4.82. The van der Waals surface area contributed by atoms with Crippen LogP contribution in [0.25, 0.3) is 0 Å². The van der Waals surface area contributed by atoms with Crippen molar-refractivity contribution in [2.45, 2.75) is 44.6 Å². The topological polar surface area (TPSA) is 37.3 Å². The molecule has 1 N–H and O–H groups in total. The smallest absolute Gasteiger partial charge is 0.178 e. The number of carbonyl (C=O) groups excluding carboxylic acids is 1. The van der Waals surface area contributed by atoms with E-state index in [1.165, 1.54) is 0 Å². The molecule has 0 aromatic rings. The summed E-state index contributed by atoms with van der Waals surface area (Å²) in [5.41, 5.74) is -1.19. The molecule has 4 heteroatoms. The highest BCUT2D eigenvalue weighted by atomic mass is 35.5. The molecule has 2 nitrogen and oxygen atoms in total. The van der Waals surface area contributed by atoms with Gasteiger partial charge in [0, 0.05) is 6.42 Å². The van der Waals surface area contributed by atoms with E-state index in [0.29, 0.717) is 6.42 Å². The lowest BCUT2D eigenvalue weighted by molar-refractivity contribution is -0.116. The molecule has 1 aliphatic carbocycles. The van der Waals surface area contributed by atoms with Crippen molar-refractivity contribution in [2.75, 3.05) is 0 Å². The van der Waals surface area contributed by atoms with E-state index in [2.05, 4.69) is 6.92 Å². The number of allylic oxidation sites excluding steroid dienone is 1. The van der Waals surface area contributed by atoms with Crippen LogP contribution >= 0.6 is 23.2 Å². The summed E-state index contributed by atoms with van der Waals surface area (Å²) in [4.78, 5) is 11.2. The van der Waals surface area contributed by atoms with Crippen molar-refractivity contribution in [3.05, 3.63) is 10.1 Å². The van der Waals surface area contributed by atoms with Crippen LogP contribution in [0.4, 0.5) is 0 Å². The number of rotatable bonds is 4. The minimum atomic E-state index is -1.19. The fraction of sp³-hybridized carbons (Fsp3) is 0.700. The number of Topliss-reactive ketones (excluding diaryl/α,β-unsaturated/α-hetero) is 1. The summed E-state index contributed by atoms with van der Waals surface area (Å²) < 4.78 is 0. The summed E-state index contributed by atoms with van der Waals surface area (Å²) in [5, 5.41) is 10.2. The molecule has 0 aromatic heterocycles. The van der Waals surface area contributed by atoms with E-state index in [4.69, 9.17) is 23.2 Å². The van der Waals surface area contributed by atoms with Gasteiger partial charge < -0.3 is 5.11 Å². The third-order valence-electron chi connectivity index (χ3n) is 2.49.